The summed E-state index contributed by atoms with van der Waals surface area (Å²) in [6.07, 6.45) is 4.00. The third kappa shape index (κ3) is 2.92. The highest BCUT2D eigenvalue weighted by atomic mass is 35.5. The molecule has 0 saturated heterocycles. The van der Waals surface area contributed by atoms with Crippen LogP contribution in [-0.4, -0.2) is 19.6 Å². The van der Waals surface area contributed by atoms with Gasteiger partial charge in [0.1, 0.15) is 5.52 Å². The maximum absolute atomic E-state index is 13.4. The molecule has 0 N–H and O–H groups in total. The second-order valence-electron chi connectivity index (χ2n) is 7.35. The highest BCUT2D eigenvalue weighted by Crippen LogP contribution is 2.41. The predicted octanol–water partition coefficient (Wildman–Crippen LogP) is 4.47. The number of halogens is 1. The summed E-state index contributed by atoms with van der Waals surface area (Å²) in [5.41, 5.74) is 4.42. The Balaban J connectivity index is 1.72. The van der Waals surface area contributed by atoms with Crippen LogP contribution in [-0.2, 0) is 6.54 Å². The standard InChI is InChI=1S/C22H19ClN4O/c1-14-4-2-3-5-19(14)27-21-18(12-24-27)20(16-8-9-16)25-26(22(21)28)13-15-6-10-17(23)11-7-15/h2-7,10-12,16H,8-9,13H2,1H3. The molecular formula is C22H19ClN4O. The number of aromatic nitrogens is 4. The fraction of sp³-hybridized carbons (Fsp3) is 0.227. The molecule has 4 aromatic rings. The Morgan fingerprint density at radius 1 is 1.11 bits per heavy atom. The van der Waals surface area contributed by atoms with Crippen LogP contribution in [0.1, 0.15) is 35.6 Å². The van der Waals surface area contributed by atoms with Crippen LogP contribution in [0.15, 0.2) is 59.5 Å². The summed E-state index contributed by atoms with van der Waals surface area (Å²) >= 11 is 5.99. The van der Waals surface area contributed by atoms with Crippen LogP contribution in [0, 0.1) is 6.92 Å². The van der Waals surface area contributed by atoms with Gasteiger partial charge in [0, 0.05) is 16.3 Å². The van der Waals surface area contributed by atoms with E-state index >= 15 is 0 Å². The molecule has 5 nitrogen and oxygen atoms in total. The lowest BCUT2D eigenvalue weighted by molar-refractivity contribution is 0.626. The zero-order valence-corrected chi connectivity index (χ0v) is 16.2. The summed E-state index contributed by atoms with van der Waals surface area (Å²) in [7, 11) is 0. The summed E-state index contributed by atoms with van der Waals surface area (Å²) in [6.45, 7) is 2.43. The van der Waals surface area contributed by atoms with Gasteiger partial charge in [-0.25, -0.2) is 9.36 Å². The first kappa shape index (κ1) is 17.2. The Morgan fingerprint density at radius 2 is 1.86 bits per heavy atom. The minimum Gasteiger partial charge on any atom is -0.265 e. The second-order valence-corrected chi connectivity index (χ2v) is 7.79. The van der Waals surface area contributed by atoms with E-state index in [2.05, 4.69) is 5.10 Å². The first-order valence-electron chi connectivity index (χ1n) is 9.41. The van der Waals surface area contributed by atoms with Crippen LogP contribution in [0.2, 0.25) is 5.02 Å². The number of aryl methyl sites for hydroxylation is 1. The van der Waals surface area contributed by atoms with Crippen molar-refractivity contribution in [1.82, 2.24) is 19.6 Å². The molecule has 5 rings (SSSR count). The van der Waals surface area contributed by atoms with E-state index in [0.717, 1.165) is 40.7 Å². The highest BCUT2D eigenvalue weighted by Gasteiger charge is 2.30. The van der Waals surface area contributed by atoms with Gasteiger partial charge in [-0.1, -0.05) is 41.9 Å². The SMILES string of the molecule is Cc1ccccc1-n1ncc2c(C3CC3)nn(Cc3ccc(Cl)cc3)c(=O)c21. The molecule has 0 spiro atoms. The van der Waals surface area contributed by atoms with E-state index in [9.17, 15) is 4.79 Å². The van der Waals surface area contributed by atoms with E-state index in [1.165, 1.54) is 0 Å². The van der Waals surface area contributed by atoms with Gasteiger partial charge >= 0.3 is 0 Å². The van der Waals surface area contributed by atoms with Crippen molar-refractivity contribution in [2.45, 2.75) is 32.2 Å². The maximum atomic E-state index is 13.4. The summed E-state index contributed by atoms with van der Waals surface area (Å²) in [4.78, 5) is 13.4. The van der Waals surface area contributed by atoms with Crippen molar-refractivity contribution < 1.29 is 0 Å². The lowest BCUT2D eigenvalue weighted by atomic mass is 10.1. The predicted molar refractivity (Wildman–Crippen MR) is 110 cm³/mol. The van der Waals surface area contributed by atoms with Gasteiger partial charge in [0.2, 0.25) is 0 Å². The Bertz CT molecular complexity index is 1240. The average Bonchev–Trinajstić information content (AvgIpc) is 3.44. The zero-order valence-electron chi connectivity index (χ0n) is 15.5. The van der Waals surface area contributed by atoms with Gasteiger partial charge < -0.3 is 0 Å². The molecule has 140 valence electrons. The number of hydrogen-bond donors (Lipinski definition) is 0. The van der Waals surface area contributed by atoms with E-state index < -0.39 is 0 Å². The molecule has 6 heteroatoms. The number of fused-ring (bicyclic) bond motifs is 1. The zero-order chi connectivity index (χ0) is 19.3. The van der Waals surface area contributed by atoms with E-state index in [1.807, 2.05) is 55.5 Å². The van der Waals surface area contributed by atoms with Crippen molar-refractivity contribution in [2.75, 3.05) is 0 Å². The normalized spacial score (nSPS) is 13.9. The maximum Gasteiger partial charge on any atom is 0.293 e. The minimum absolute atomic E-state index is 0.130. The number of benzene rings is 2. The molecule has 1 fully saturated rings. The number of nitrogens with zero attached hydrogens (tertiary/aromatic N) is 4. The Kier molecular flexibility index (Phi) is 4.05. The number of hydrogen-bond acceptors (Lipinski definition) is 3. The number of para-hydroxylation sites is 1. The molecule has 0 atom stereocenters. The van der Waals surface area contributed by atoms with E-state index in [1.54, 1.807) is 15.6 Å². The monoisotopic (exact) mass is 390 g/mol. The van der Waals surface area contributed by atoms with Crippen LogP contribution in [0.4, 0.5) is 0 Å². The first-order valence-corrected chi connectivity index (χ1v) is 9.79. The topological polar surface area (TPSA) is 52.7 Å². The van der Waals surface area contributed by atoms with E-state index in [0.29, 0.717) is 23.0 Å². The molecule has 2 heterocycles. The van der Waals surface area contributed by atoms with Crippen LogP contribution >= 0.6 is 11.6 Å². The highest BCUT2D eigenvalue weighted by molar-refractivity contribution is 6.30. The Labute approximate surface area is 167 Å². The van der Waals surface area contributed by atoms with Gasteiger partial charge in [-0.15, -0.1) is 0 Å². The van der Waals surface area contributed by atoms with Gasteiger partial charge in [-0.05, 0) is 49.1 Å². The molecule has 0 aliphatic heterocycles. The van der Waals surface area contributed by atoms with Gasteiger partial charge in [-0.3, -0.25) is 4.79 Å². The van der Waals surface area contributed by atoms with Crippen molar-refractivity contribution >= 4 is 22.5 Å². The average molecular weight is 391 g/mol. The van der Waals surface area contributed by atoms with E-state index in [4.69, 9.17) is 16.7 Å². The molecule has 2 aromatic heterocycles. The van der Waals surface area contributed by atoms with Crippen molar-refractivity contribution in [1.29, 1.82) is 0 Å². The fourth-order valence-electron chi connectivity index (χ4n) is 3.61. The molecule has 28 heavy (non-hydrogen) atoms. The van der Waals surface area contributed by atoms with Crippen LogP contribution in [0.5, 0.6) is 0 Å². The van der Waals surface area contributed by atoms with Gasteiger partial charge in [0.05, 0.1) is 24.1 Å². The minimum atomic E-state index is -0.130. The molecular weight excluding hydrogens is 372 g/mol. The quantitative estimate of drug-likeness (QED) is 0.516. The smallest absolute Gasteiger partial charge is 0.265 e. The lowest BCUT2D eigenvalue weighted by Crippen LogP contribution is -2.26. The van der Waals surface area contributed by atoms with E-state index in [-0.39, 0.29) is 5.56 Å². The van der Waals surface area contributed by atoms with Crippen molar-refractivity contribution in [2.24, 2.45) is 0 Å². The summed E-state index contributed by atoms with van der Waals surface area (Å²) in [5, 5.41) is 10.8. The first-order chi connectivity index (χ1) is 13.6. The second kappa shape index (κ2) is 6.60. The van der Waals surface area contributed by atoms with Gasteiger partial charge in [0.15, 0.2) is 0 Å². The third-order valence-corrected chi connectivity index (χ3v) is 5.52. The molecule has 1 aliphatic rings. The molecule has 0 unspecified atom stereocenters. The molecule has 0 amide bonds. The summed E-state index contributed by atoms with van der Waals surface area (Å²) < 4.78 is 3.33. The number of rotatable bonds is 4. The van der Waals surface area contributed by atoms with Crippen LogP contribution in [0.25, 0.3) is 16.6 Å². The molecule has 0 bridgehead atoms. The van der Waals surface area contributed by atoms with Crippen molar-refractivity contribution in [3.05, 3.63) is 86.9 Å². The molecule has 0 radical (unpaired) electrons. The van der Waals surface area contributed by atoms with Crippen molar-refractivity contribution in [3.63, 3.8) is 0 Å². The van der Waals surface area contributed by atoms with Gasteiger partial charge in [-0.2, -0.15) is 10.2 Å². The third-order valence-electron chi connectivity index (χ3n) is 5.26. The van der Waals surface area contributed by atoms with Crippen molar-refractivity contribution in [3.8, 4) is 5.69 Å². The fourth-order valence-corrected chi connectivity index (χ4v) is 3.73. The van der Waals surface area contributed by atoms with Crippen LogP contribution < -0.4 is 5.56 Å². The molecule has 1 aliphatic carbocycles. The summed E-state index contributed by atoms with van der Waals surface area (Å²) in [5.74, 6) is 0.411. The largest absolute Gasteiger partial charge is 0.293 e. The molecule has 1 saturated carbocycles. The summed E-state index contributed by atoms with van der Waals surface area (Å²) in [6, 6.07) is 15.5. The Morgan fingerprint density at radius 3 is 2.57 bits per heavy atom. The van der Waals surface area contributed by atoms with Gasteiger partial charge in [0.25, 0.3) is 5.56 Å². The molecule has 2 aromatic carbocycles. The van der Waals surface area contributed by atoms with Crippen LogP contribution in [0.3, 0.4) is 0 Å². The Hall–Kier alpha value is -2.92. The lowest BCUT2D eigenvalue weighted by Gasteiger charge is -2.11.